The lowest BCUT2D eigenvalue weighted by Gasteiger charge is -2.25. The van der Waals surface area contributed by atoms with Crippen molar-refractivity contribution in [1.29, 1.82) is 0 Å². The second kappa shape index (κ2) is 10.1. The van der Waals surface area contributed by atoms with Gasteiger partial charge in [-0.1, -0.05) is 35.1 Å². The molecular weight excluding hydrogens is 498 g/mol. The monoisotopic (exact) mass is 525 g/mol. The SMILES string of the molecule is CC1=C(C(=O)OC(C)C)C(c2ccc(Cl)cc2)n2c(sc(=Cc3ccc(N4CCCCC4)o3)c2=O)=N1. The number of hydrogen-bond acceptors (Lipinski definition) is 7. The predicted molar refractivity (Wildman–Crippen MR) is 141 cm³/mol. The van der Waals surface area contributed by atoms with Gasteiger partial charge in [-0.15, -0.1) is 0 Å². The first kappa shape index (κ1) is 24.6. The van der Waals surface area contributed by atoms with Crippen LogP contribution in [0, 0.1) is 0 Å². The lowest BCUT2D eigenvalue weighted by atomic mass is 9.96. The summed E-state index contributed by atoms with van der Waals surface area (Å²) in [4.78, 5) is 34.2. The van der Waals surface area contributed by atoms with Gasteiger partial charge in [0, 0.05) is 30.3 Å². The molecule has 0 radical (unpaired) electrons. The molecule has 1 aromatic carbocycles. The van der Waals surface area contributed by atoms with Gasteiger partial charge in [0.15, 0.2) is 10.7 Å². The highest BCUT2D eigenvalue weighted by Crippen LogP contribution is 2.31. The molecule has 0 amide bonds. The van der Waals surface area contributed by atoms with Crippen LogP contribution in [0.1, 0.15) is 57.4 Å². The van der Waals surface area contributed by atoms with Crippen molar-refractivity contribution < 1.29 is 13.9 Å². The van der Waals surface area contributed by atoms with E-state index in [0.29, 0.717) is 31.4 Å². The summed E-state index contributed by atoms with van der Waals surface area (Å²) < 4.78 is 13.6. The summed E-state index contributed by atoms with van der Waals surface area (Å²) in [5, 5.41) is 0.570. The second-order valence-corrected chi connectivity index (χ2v) is 10.8. The summed E-state index contributed by atoms with van der Waals surface area (Å²) in [6, 6.07) is 10.3. The van der Waals surface area contributed by atoms with Gasteiger partial charge in [-0.25, -0.2) is 9.79 Å². The summed E-state index contributed by atoms with van der Waals surface area (Å²) >= 11 is 7.40. The minimum absolute atomic E-state index is 0.239. The number of allylic oxidation sites excluding steroid dienone is 1. The zero-order valence-corrected chi connectivity index (χ0v) is 22.1. The molecule has 4 heterocycles. The van der Waals surface area contributed by atoms with Gasteiger partial charge in [0.25, 0.3) is 5.56 Å². The largest absolute Gasteiger partial charge is 0.459 e. The van der Waals surface area contributed by atoms with Crippen molar-refractivity contribution in [2.24, 2.45) is 4.99 Å². The Kier molecular flexibility index (Phi) is 6.90. The van der Waals surface area contributed by atoms with E-state index in [-0.39, 0.29) is 11.7 Å². The molecular formula is C27H28ClN3O4S. The molecule has 1 atom stereocenters. The van der Waals surface area contributed by atoms with Gasteiger partial charge in [-0.3, -0.25) is 9.36 Å². The molecule has 0 spiro atoms. The predicted octanol–water partition coefficient (Wildman–Crippen LogP) is 4.42. The molecule has 0 bridgehead atoms. The zero-order valence-electron chi connectivity index (χ0n) is 20.5. The Bertz CT molecular complexity index is 1490. The number of furan rings is 1. The van der Waals surface area contributed by atoms with Crippen molar-refractivity contribution in [2.45, 2.75) is 52.2 Å². The maximum atomic E-state index is 13.7. The number of anilines is 1. The van der Waals surface area contributed by atoms with Gasteiger partial charge in [0.05, 0.1) is 27.9 Å². The van der Waals surface area contributed by atoms with Crippen molar-refractivity contribution in [3.63, 3.8) is 0 Å². The molecule has 2 aliphatic heterocycles. The third-order valence-electron chi connectivity index (χ3n) is 6.32. The average Bonchev–Trinajstić information content (AvgIpc) is 3.43. The van der Waals surface area contributed by atoms with Gasteiger partial charge in [0.1, 0.15) is 5.76 Å². The Labute approximate surface area is 218 Å². The Morgan fingerprint density at radius 1 is 1.17 bits per heavy atom. The third-order valence-corrected chi connectivity index (χ3v) is 7.56. The lowest BCUT2D eigenvalue weighted by Crippen LogP contribution is -2.40. The minimum atomic E-state index is -0.674. The summed E-state index contributed by atoms with van der Waals surface area (Å²) in [6.45, 7) is 7.31. The topological polar surface area (TPSA) is 77.0 Å². The number of nitrogens with zero attached hydrogens (tertiary/aromatic N) is 3. The molecule has 188 valence electrons. The van der Waals surface area contributed by atoms with E-state index in [1.54, 1.807) is 43.5 Å². The number of carbonyl (C=O) groups excluding carboxylic acids is 1. The Hall–Kier alpha value is -3.10. The molecule has 1 unspecified atom stereocenters. The van der Waals surface area contributed by atoms with Crippen LogP contribution in [0.5, 0.6) is 0 Å². The van der Waals surface area contributed by atoms with E-state index in [1.807, 2.05) is 24.3 Å². The highest BCUT2D eigenvalue weighted by atomic mass is 35.5. The van der Waals surface area contributed by atoms with Crippen molar-refractivity contribution in [3.8, 4) is 0 Å². The van der Waals surface area contributed by atoms with Gasteiger partial charge >= 0.3 is 5.97 Å². The van der Waals surface area contributed by atoms with Crippen LogP contribution in [0.4, 0.5) is 5.88 Å². The van der Waals surface area contributed by atoms with Crippen LogP contribution in [0.15, 0.2) is 61.9 Å². The normalized spacial score (nSPS) is 18.4. The summed E-state index contributed by atoms with van der Waals surface area (Å²) in [5.41, 5.74) is 1.38. The molecule has 1 fully saturated rings. The molecule has 3 aromatic rings. The Balaban J connectivity index is 1.60. The van der Waals surface area contributed by atoms with E-state index in [2.05, 4.69) is 9.89 Å². The minimum Gasteiger partial charge on any atom is -0.459 e. The number of fused-ring (bicyclic) bond motifs is 1. The maximum Gasteiger partial charge on any atom is 0.338 e. The molecule has 2 aromatic heterocycles. The van der Waals surface area contributed by atoms with Crippen LogP contribution in [0.25, 0.3) is 6.08 Å². The number of halogens is 1. The van der Waals surface area contributed by atoms with E-state index >= 15 is 0 Å². The number of esters is 1. The molecule has 0 saturated carbocycles. The number of rotatable bonds is 5. The lowest BCUT2D eigenvalue weighted by molar-refractivity contribution is -0.143. The van der Waals surface area contributed by atoms with Crippen LogP contribution in [-0.2, 0) is 9.53 Å². The molecule has 36 heavy (non-hydrogen) atoms. The molecule has 7 nitrogen and oxygen atoms in total. The highest BCUT2D eigenvalue weighted by molar-refractivity contribution is 7.07. The van der Waals surface area contributed by atoms with E-state index in [1.165, 1.54) is 17.8 Å². The summed E-state index contributed by atoms with van der Waals surface area (Å²) in [6.07, 6.45) is 5.00. The number of benzene rings is 1. The Morgan fingerprint density at radius 3 is 2.58 bits per heavy atom. The smallest absolute Gasteiger partial charge is 0.338 e. The number of ether oxygens (including phenoxy) is 1. The fourth-order valence-corrected chi connectivity index (χ4v) is 5.81. The second-order valence-electron chi connectivity index (χ2n) is 9.31. The first-order valence-electron chi connectivity index (χ1n) is 12.2. The van der Waals surface area contributed by atoms with E-state index in [0.717, 1.165) is 37.4 Å². The quantitative estimate of drug-likeness (QED) is 0.461. The van der Waals surface area contributed by atoms with Crippen molar-refractivity contribution in [2.75, 3.05) is 18.0 Å². The van der Waals surface area contributed by atoms with E-state index in [9.17, 15) is 9.59 Å². The van der Waals surface area contributed by atoms with Gasteiger partial charge in [-0.2, -0.15) is 0 Å². The van der Waals surface area contributed by atoms with Crippen molar-refractivity contribution in [3.05, 3.63) is 83.7 Å². The molecule has 0 aliphatic carbocycles. The number of hydrogen-bond donors (Lipinski definition) is 0. The van der Waals surface area contributed by atoms with E-state index in [4.69, 9.17) is 20.8 Å². The highest BCUT2D eigenvalue weighted by Gasteiger charge is 2.33. The standard InChI is InChI=1S/C27H28ClN3O4S/c1-16(2)34-26(33)23-17(3)29-27-31(24(23)18-7-9-19(28)10-8-18)25(32)21(36-27)15-20-11-12-22(35-20)30-13-5-4-6-14-30/h7-12,15-16,24H,4-6,13-14H2,1-3H3. The Morgan fingerprint density at radius 2 is 1.89 bits per heavy atom. The molecule has 2 aliphatic rings. The summed E-state index contributed by atoms with van der Waals surface area (Å²) in [7, 11) is 0. The van der Waals surface area contributed by atoms with Crippen molar-refractivity contribution >= 4 is 40.9 Å². The van der Waals surface area contributed by atoms with E-state index < -0.39 is 12.0 Å². The molecule has 0 N–H and O–H groups in total. The summed E-state index contributed by atoms with van der Waals surface area (Å²) in [5.74, 6) is 0.944. The van der Waals surface area contributed by atoms with Gasteiger partial charge in [-0.05, 0) is 63.8 Å². The van der Waals surface area contributed by atoms with Crippen molar-refractivity contribution in [1.82, 2.24) is 4.57 Å². The molecule has 1 saturated heterocycles. The van der Waals surface area contributed by atoms with Crippen LogP contribution < -0.4 is 19.8 Å². The average molecular weight is 526 g/mol. The molecule has 9 heteroatoms. The maximum absolute atomic E-state index is 13.7. The van der Waals surface area contributed by atoms with Gasteiger partial charge in [0.2, 0.25) is 0 Å². The first-order valence-corrected chi connectivity index (χ1v) is 13.3. The number of aromatic nitrogens is 1. The van der Waals surface area contributed by atoms with Crippen LogP contribution in [0.2, 0.25) is 5.02 Å². The fourth-order valence-electron chi connectivity index (χ4n) is 4.65. The zero-order chi connectivity index (χ0) is 25.4. The van der Waals surface area contributed by atoms with Crippen LogP contribution in [-0.4, -0.2) is 29.7 Å². The first-order chi connectivity index (χ1) is 17.3. The fraction of sp³-hybridized carbons (Fsp3) is 0.370. The van der Waals surface area contributed by atoms with Crippen LogP contribution >= 0.6 is 22.9 Å². The third kappa shape index (κ3) is 4.80. The number of carbonyl (C=O) groups is 1. The number of piperidine rings is 1. The van der Waals surface area contributed by atoms with Crippen LogP contribution in [0.3, 0.4) is 0 Å². The van der Waals surface area contributed by atoms with Gasteiger partial charge < -0.3 is 14.1 Å². The molecule has 5 rings (SSSR count). The number of thiazole rings is 1.